The molecule has 1 saturated carbocycles. The van der Waals surface area contributed by atoms with E-state index in [1.807, 2.05) is 6.92 Å². The summed E-state index contributed by atoms with van der Waals surface area (Å²) in [6.07, 6.45) is 4.84. The predicted molar refractivity (Wildman–Crippen MR) is 83.9 cm³/mol. The van der Waals surface area contributed by atoms with Crippen molar-refractivity contribution in [1.82, 2.24) is 0 Å². The largest absolute Gasteiger partial charge is 0.487 e. The SMILES string of the molecule is CCOc1cc(NC2CCCCC2(C)C)ccc1[N+](=O)[O-]. The number of hydrogen-bond acceptors (Lipinski definition) is 4. The molecule has 0 aromatic heterocycles. The summed E-state index contributed by atoms with van der Waals surface area (Å²) in [5.41, 5.74) is 1.15. The van der Waals surface area contributed by atoms with Crippen LogP contribution < -0.4 is 10.1 Å². The minimum Gasteiger partial charge on any atom is -0.487 e. The summed E-state index contributed by atoms with van der Waals surface area (Å²) in [6.45, 7) is 6.80. The zero-order valence-electron chi connectivity index (χ0n) is 13.0. The van der Waals surface area contributed by atoms with Crippen molar-refractivity contribution in [1.29, 1.82) is 0 Å². The molecule has 0 saturated heterocycles. The van der Waals surface area contributed by atoms with E-state index in [1.54, 1.807) is 12.1 Å². The van der Waals surface area contributed by atoms with E-state index in [-0.39, 0.29) is 11.1 Å². The van der Waals surface area contributed by atoms with Crippen LogP contribution >= 0.6 is 0 Å². The predicted octanol–water partition coefficient (Wildman–Crippen LogP) is 4.37. The lowest BCUT2D eigenvalue weighted by molar-refractivity contribution is -0.385. The molecule has 116 valence electrons. The Morgan fingerprint density at radius 2 is 2.19 bits per heavy atom. The van der Waals surface area contributed by atoms with E-state index in [0.29, 0.717) is 18.4 Å². The molecule has 0 heterocycles. The van der Waals surface area contributed by atoms with Crippen molar-refractivity contribution in [3.63, 3.8) is 0 Å². The number of benzene rings is 1. The molecular weight excluding hydrogens is 268 g/mol. The average Bonchev–Trinajstić information content (AvgIpc) is 2.41. The van der Waals surface area contributed by atoms with Crippen molar-refractivity contribution in [2.45, 2.75) is 52.5 Å². The first-order valence-corrected chi connectivity index (χ1v) is 7.62. The summed E-state index contributed by atoms with van der Waals surface area (Å²) in [4.78, 5) is 10.6. The van der Waals surface area contributed by atoms with Crippen LogP contribution in [0.3, 0.4) is 0 Å². The van der Waals surface area contributed by atoms with Crippen molar-refractivity contribution in [3.8, 4) is 5.75 Å². The molecule has 1 unspecified atom stereocenters. The Morgan fingerprint density at radius 1 is 1.43 bits per heavy atom. The van der Waals surface area contributed by atoms with Crippen molar-refractivity contribution in [3.05, 3.63) is 28.3 Å². The number of anilines is 1. The average molecular weight is 292 g/mol. The highest BCUT2D eigenvalue weighted by atomic mass is 16.6. The van der Waals surface area contributed by atoms with Gasteiger partial charge in [-0.1, -0.05) is 26.7 Å². The second-order valence-electron chi connectivity index (χ2n) is 6.30. The Kier molecular flexibility index (Phi) is 4.70. The maximum Gasteiger partial charge on any atom is 0.311 e. The first kappa shape index (κ1) is 15.6. The summed E-state index contributed by atoms with van der Waals surface area (Å²) in [5, 5.41) is 14.5. The fourth-order valence-corrected chi connectivity index (χ4v) is 2.99. The normalized spacial score (nSPS) is 20.8. The molecule has 1 aromatic carbocycles. The van der Waals surface area contributed by atoms with E-state index in [4.69, 9.17) is 4.74 Å². The topological polar surface area (TPSA) is 64.4 Å². The maximum atomic E-state index is 11.0. The first-order valence-electron chi connectivity index (χ1n) is 7.62. The van der Waals surface area contributed by atoms with Gasteiger partial charge in [0, 0.05) is 23.9 Å². The highest BCUT2D eigenvalue weighted by molar-refractivity contribution is 5.58. The number of rotatable bonds is 5. The van der Waals surface area contributed by atoms with Crippen LogP contribution in [0.15, 0.2) is 18.2 Å². The van der Waals surface area contributed by atoms with Gasteiger partial charge in [0.2, 0.25) is 0 Å². The summed E-state index contributed by atoms with van der Waals surface area (Å²) in [6, 6.07) is 5.42. The van der Waals surface area contributed by atoms with Gasteiger partial charge in [-0.25, -0.2) is 0 Å². The maximum absolute atomic E-state index is 11.0. The minimum atomic E-state index is -0.403. The number of nitrogens with one attached hydrogen (secondary N) is 1. The molecule has 1 atom stereocenters. The molecule has 1 aliphatic carbocycles. The molecule has 0 spiro atoms. The molecule has 21 heavy (non-hydrogen) atoms. The Labute approximate surface area is 125 Å². The van der Waals surface area contributed by atoms with Crippen LogP contribution in [0, 0.1) is 15.5 Å². The lowest BCUT2D eigenvalue weighted by Gasteiger charge is -2.39. The lowest BCUT2D eigenvalue weighted by atomic mass is 9.73. The molecule has 0 amide bonds. The van der Waals surface area contributed by atoms with E-state index in [0.717, 1.165) is 12.1 Å². The molecule has 1 fully saturated rings. The van der Waals surface area contributed by atoms with Crippen LogP contribution in [0.25, 0.3) is 0 Å². The Balaban J connectivity index is 2.20. The minimum absolute atomic E-state index is 0.0188. The van der Waals surface area contributed by atoms with E-state index in [2.05, 4.69) is 19.2 Å². The second-order valence-corrected chi connectivity index (χ2v) is 6.30. The Morgan fingerprint density at radius 3 is 2.81 bits per heavy atom. The summed E-state index contributed by atoms with van der Waals surface area (Å²) in [7, 11) is 0. The fourth-order valence-electron chi connectivity index (χ4n) is 2.99. The van der Waals surface area contributed by atoms with Gasteiger partial charge in [-0.15, -0.1) is 0 Å². The third-order valence-corrected chi connectivity index (χ3v) is 4.30. The van der Waals surface area contributed by atoms with Gasteiger partial charge in [0.25, 0.3) is 0 Å². The van der Waals surface area contributed by atoms with Crippen LogP contribution in [0.2, 0.25) is 0 Å². The van der Waals surface area contributed by atoms with Gasteiger partial charge in [-0.3, -0.25) is 10.1 Å². The molecule has 1 aliphatic rings. The molecule has 1 aromatic rings. The van der Waals surface area contributed by atoms with Gasteiger partial charge in [0.15, 0.2) is 5.75 Å². The van der Waals surface area contributed by atoms with Gasteiger partial charge in [-0.2, -0.15) is 0 Å². The van der Waals surface area contributed by atoms with Crippen LogP contribution in [0.1, 0.15) is 46.5 Å². The van der Waals surface area contributed by atoms with Crippen LogP contribution in [-0.4, -0.2) is 17.6 Å². The zero-order valence-corrected chi connectivity index (χ0v) is 13.0. The summed E-state index contributed by atoms with van der Waals surface area (Å²) < 4.78 is 5.40. The lowest BCUT2D eigenvalue weighted by Crippen LogP contribution is -2.38. The number of ether oxygens (including phenoxy) is 1. The molecule has 5 nitrogen and oxygen atoms in total. The zero-order chi connectivity index (χ0) is 15.5. The van der Waals surface area contributed by atoms with Crippen LogP contribution in [0.4, 0.5) is 11.4 Å². The van der Waals surface area contributed by atoms with Gasteiger partial charge in [0.05, 0.1) is 11.5 Å². The number of nitro benzene ring substituents is 1. The molecule has 0 bridgehead atoms. The van der Waals surface area contributed by atoms with Crippen molar-refractivity contribution in [2.24, 2.45) is 5.41 Å². The van der Waals surface area contributed by atoms with Crippen molar-refractivity contribution in [2.75, 3.05) is 11.9 Å². The van der Waals surface area contributed by atoms with Gasteiger partial charge < -0.3 is 10.1 Å². The Hall–Kier alpha value is -1.78. The summed E-state index contributed by atoms with van der Waals surface area (Å²) >= 11 is 0. The number of nitrogens with zero attached hydrogens (tertiary/aromatic N) is 1. The monoisotopic (exact) mass is 292 g/mol. The second kappa shape index (κ2) is 6.33. The third-order valence-electron chi connectivity index (χ3n) is 4.30. The molecule has 0 radical (unpaired) electrons. The highest BCUT2D eigenvalue weighted by Crippen LogP contribution is 2.38. The van der Waals surface area contributed by atoms with E-state index in [1.165, 1.54) is 25.3 Å². The molecule has 5 heteroatoms. The standard InChI is InChI=1S/C16H24N2O3/c1-4-21-14-11-12(8-9-13(14)18(19)20)17-15-7-5-6-10-16(15,2)3/h8-9,11,15,17H,4-7,10H2,1-3H3. The van der Waals surface area contributed by atoms with Crippen molar-refractivity contribution < 1.29 is 9.66 Å². The van der Waals surface area contributed by atoms with E-state index < -0.39 is 4.92 Å². The van der Waals surface area contributed by atoms with Gasteiger partial charge >= 0.3 is 5.69 Å². The fraction of sp³-hybridized carbons (Fsp3) is 0.625. The van der Waals surface area contributed by atoms with Crippen LogP contribution in [0.5, 0.6) is 5.75 Å². The number of hydrogen-bond donors (Lipinski definition) is 1. The van der Waals surface area contributed by atoms with Gasteiger partial charge in [-0.05, 0) is 31.2 Å². The molecule has 0 aliphatic heterocycles. The molecular formula is C16H24N2O3. The van der Waals surface area contributed by atoms with Crippen LogP contribution in [-0.2, 0) is 0 Å². The van der Waals surface area contributed by atoms with Crippen molar-refractivity contribution >= 4 is 11.4 Å². The molecule has 1 N–H and O–H groups in total. The smallest absolute Gasteiger partial charge is 0.311 e. The number of nitro groups is 1. The summed E-state index contributed by atoms with van der Waals surface area (Å²) in [5.74, 6) is 0.334. The van der Waals surface area contributed by atoms with E-state index >= 15 is 0 Å². The highest BCUT2D eigenvalue weighted by Gasteiger charge is 2.32. The Bertz CT molecular complexity index is 514. The van der Waals surface area contributed by atoms with Gasteiger partial charge in [0.1, 0.15) is 0 Å². The first-order chi connectivity index (χ1) is 9.94. The molecule has 2 rings (SSSR count). The van der Waals surface area contributed by atoms with E-state index in [9.17, 15) is 10.1 Å². The quantitative estimate of drug-likeness (QED) is 0.646. The third kappa shape index (κ3) is 3.65.